The Hall–Kier alpha value is -2.43. The van der Waals surface area contributed by atoms with Crippen molar-refractivity contribution in [2.24, 2.45) is 0 Å². The van der Waals surface area contributed by atoms with Gasteiger partial charge in [0, 0.05) is 6.20 Å². The lowest BCUT2D eigenvalue weighted by molar-refractivity contribution is 1.04. The van der Waals surface area contributed by atoms with Gasteiger partial charge < -0.3 is 10.3 Å². The maximum absolute atomic E-state index is 4.57. The summed E-state index contributed by atoms with van der Waals surface area (Å²) in [5.41, 5.74) is 3.73. The van der Waals surface area contributed by atoms with E-state index in [0.29, 0.717) is 6.54 Å². The monoisotopic (exact) mass is 239 g/mol. The quantitative estimate of drug-likeness (QED) is 0.735. The van der Waals surface area contributed by atoms with Gasteiger partial charge in [0.1, 0.15) is 5.82 Å². The normalized spacial score (nSPS) is 10.7. The fourth-order valence-electron chi connectivity index (χ4n) is 1.82. The lowest BCUT2D eigenvalue weighted by Gasteiger charge is -2.08. The number of hydrogen-bond donors (Lipinski definition) is 2. The van der Waals surface area contributed by atoms with Crippen LogP contribution in [0.2, 0.25) is 0 Å². The van der Waals surface area contributed by atoms with Crippen molar-refractivity contribution in [2.75, 3.05) is 5.32 Å². The molecule has 5 heteroatoms. The molecule has 18 heavy (non-hydrogen) atoms. The number of nitrogens with zero attached hydrogens (tertiary/aromatic N) is 3. The summed E-state index contributed by atoms with van der Waals surface area (Å²) in [6.45, 7) is 2.61. The molecular formula is C13H13N5. The first-order chi connectivity index (χ1) is 8.83. The zero-order valence-corrected chi connectivity index (χ0v) is 10.0. The van der Waals surface area contributed by atoms with Gasteiger partial charge in [0.05, 0.1) is 35.3 Å². The van der Waals surface area contributed by atoms with Crippen LogP contribution in [0, 0.1) is 6.92 Å². The summed E-state index contributed by atoms with van der Waals surface area (Å²) < 4.78 is 0. The summed E-state index contributed by atoms with van der Waals surface area (Å²) in [4.78, 5) is 16.1. The zero-order chi connectivity index (χ0) is 12.4. The molecule has 90 valence electrons. The number of para-hydroxylation sites is 2. The van der Waals surface area contributed by atoms with Crippen LogP contribution in [-0.2, 0) is 6.54 Å². The van der Waals surface area contributed by atoms with Crippen molar-refractivity contribution >= 4 is 16.9 Å². The highest BCUT2D eigenvalue weighted by Gasteiger charge is 2.04. The van der Waals surface area contributed by atoms with Crippen LogP contribution >= 0.6 is 0 Å². The summed E-state index contributed by atoms with van der Waals surface area (Å²) in [5.74, 6) is 0.809. The van der Waals surface area contributed by atoms with E-state index in [1.54, 1.807) is 12.5 Å². The average molecular weight is 239 g/mol. The fourth-order valence-corrected chi connectivity index (χ4v) is 1.82. The molecule has 0 unspecified atom stereocenters. The molecule has 0 aliphatic heterocycles. The number of imidazole rings is 1. The van der Waals surface area contributed by atoms with E-state index in [2.05, 4.69) is 25.3 Å². The lowest BCUT2D eigenvalue weighted by Crippen LogP contribution is -2.05. The first-order valence-electron chi connectivity index (χ1n) is 5.77. The minimum atomic E-state index is 0.661. The highest BCUT2D eigenvalue weighted by Crippen LogP contribution is 2.16. The van der Waals surface area contributed by atoms with E-state index >= 15 is 0 Å². The fraction of sp³-hybridized carbons (Fsp3) is 0.154. The van der Waals surface area contributed by atoms with Crippen LogP contribution < -0.4 is 5.32 Å². The van der Waals surface area contributed by atoms with Gasteiger partial charge in [-0.25, -0.2) is 15.0 Å². The number of nitrogens with one attached hydrogen (secondary N) is 2. The van der Waals surface area contributed by atoms with Gasteiger partial charge in [0.2, 0.25) is 0 Å². The van der Waals surface area contributed by atoms with Crippen molar-refractivity contribution in [3.8, 4) is 0 Å². The van der Waals surface area contributed by atoms with E-state index in [1.165, 1.54) is 0 Å². The second-order valence-electron chi connectivity index (χ2n) is 4.08. The van der Waals surface area contributed by atoms with Gasteiger partial charge in [-0.15, -0.1) is 0 Å². The first kappa shape index (κ1) is 10.7. The molecule has 3 rings (SSSR count). The summed E-state index contributed by atoms with van der Waals surface area (Å²) >= 11 is 0. The second-order valence-corrected chi connectivity index (χ2v) is 4.08. The van der Waals surface area contributed by atoms with Gasteiger partial charge in [-0.2, -0.15) is 0 Å². The summed E-state index contributed by atoms with van der Waals surface area (Å²) in [7, 11) is 0. The van der Waals surface area contributed by atoms with Crippen LogP contribution in [0.25, 0.3) is 11.0 Å². The minimum Gasteiger partial charge on any atom is -0.363 e. The average Bonchev–Trinajstić information content (AvgIpc) is 2.89. The van der Waals surface area contributed by atoms with Gasteiger partial charge in [0.15, 0.2) is 0 Å². The standard InChI is InChI=1S/C13H13N5/c1-9-13(15-7-10-6-14-8-16-10)18-12-5-3-2-4-11(12)17-9/h2-6,8H,7H2,1H3,(H,14,16)(H,15,18). The third-order valence-corrected chi connectivity index (χ3v) is 2.75. The largest absolute Gasteiger partial charge is 0.363 e. The molecule has 2 heterocycles. The number of fused-ring (bicyclic) bond motifs is 1. The summed E-state index contributed by atoms with van der Waals surface area (Å²) in [6, 6.07) is 7.86. The summed E-state index contributed by atoms with van der Waals surface area (Å²) in [6.07, 6.45) is 3.45. The predicted molar refractivity (Wildman–Crippen MR) is 70.2 cm³/mol. The molecule has 0 saturated heterocycles. The van der Waals surface area contributed by atoms with E-state index in [9.17, 15) is 0 Å². The number of anilines is 1. The maximum Gasteiger partial charge on any atom is 0.148 e. The summed E-state index contributed by atoms with van der Waals surface area (Å²) in [5, 5.41) is 3.26. The molecule has 0 radical (unpaired) electrons. The molecule has 3 aromatic rings. The smallest absolute Gasteiger partial charge is 0.148 e. The second kappa shape index (κ2) is 4.44. The third-order valence-electron chi connectivity index (χ3n) is 2.75. The molecule has 0 aliphatic rings. The van der Waals surface area contributed by atoms with Crippen LogP contribution in [0.5, 0.6) is 0 Å². The van der Waals surface area contributed by atoms with Crippen molar-refractivity contribution in [2.45, 2.75) is 13.5 Å². The molecule has 0 saturated carbocycles. The van der Waals surface area contributed by atoms with Crippen molar-refractivity contribution in [3.63, 3.8) is 0 Å². The molecule has 0 amide bonds. The van der Waals surface area contributed by atoms with Gasteiger partial charge >= 0.3 is 0 Å². The molecule has 2 N–H and O–H groups in total. The van der Waals surface area contributed by atoms with E-state index < -0.39 is 0 Å². The van der Waals surface area contributed by atoms with E-state index in [4.69, 9.17) is 0 Å². The number of aryl methyl sites for hydroxylation is 1. The van der Waals surface area contributed by atoms with Gasteiger partial charge in [-0.05, 0) is 19.1 Å². The number of hydrogen-bond acceptors (Lipinski definition) is 4. The van der Waals surface area contributed by atoms with Crippen LogP contribution in [0.3, 0.4) is 0 Å². The van der Waals surface area contributed by atoms with Crippen LogP contribution in [0.15, 0.2) is 36.8 Å². The Morgan fingerprint density at radius 2 is 1.94 bits per heavy atom. The Morgan fingerprint density at radius 1 is 1.17 bits per heavy atom. The van der Waals surface area contributed by atoms with Gasteiger partial charge in [-0.3, -0.25) is 0 Å². The Kier molecular flexibility index (Phi) is 2.64. The molecule has 1 aromatic carbocycles. The minimum absolute atomic E-state index is 0.661. The molecule has 0 spiro atoms. The molecule has 5 nitrogen and oxygen atoms in total. The zero-order valence-electron chi connectivity index (χ0n) is 10.0. The molecule has 0 fully saturated rings. The molecule has 0 atom stereocenters. The predicted octanol–water partition coefficient (Wildman–Crippen LogP) is 2.27. The van der Waals surface area contributed by atoms with Crippen molar-refractivity contribution in [3.05, 3.63) is 48.2 Å². The Bertz CT molecular complexity index is 660. The molecule has 2 aromatic heterocycles. The highest BCUT2D eigenvalue weighted by atomic mass is 15.0. The Balaban J connectivity index is 1.89. The highest BCUT2D eigenvalue weighted by molar-refractivity contribution is 5.76. The number of aromatic amines is 1. The van der Waals surface area contributed by atoms with Crippen molar-refractivity contribution < 1.29 is 0 Å². The maximum atomic E-state index is 4.57. The third kappa shape index (κ3) is 2.02. The Morgan fingerprint density at radius 3 is 2.67 bits per heavy atom. The first-order valence-corrected chi connectivity index (χ1v) is 5.77. The molecule has 0 aliphatic carbocycles. The van der Waals surface area contributed by atoms with Crippen LogP contribution in [0.1, 0.15) is 11.4 Å². The van der Waals surface area contributed by atoms with Crippen molar-refractivity contribution in [1.29, 1.82) is 0 Å². The van der Waals surface area contributed by atoms with Crippen molar-refractivity contribution in [1.82, 2.24) is 19.9 Å². The van der Waals surface area contributed by atoms with Gasteiger partial charge in [0.25, 0.3) is 0 Å². The van der Waals surface area contributed by atoms with Gasteiger partial charge in [-0.1, -0.05) is 12.1 Å². The number of H-pyrrole nitrogens is 1. The number of aromatic nitrogens is 4. The van der Waals surface area contributed by atoms with E-state index in [0.717, 1.165) is 28.2 Å². The number of rotatable bonds is 3. The van der Waals surface area contributed by atoms with E-state index in [1.807, 2.05) is 31.2 Å². The molecular weight excluding hydrogens is 226 g/mol. The van der Waals surface area contributed by atoms with Crippen LogP contribution in [-0.4, -0.2) is 19.9 Å². The Labute approximate surface area is 104 Å². The molecule has 0 bridgehead atoms. The SMILES string of the molecule is Cc1nc2ccccc2nc1NCc1cnc[nH]1. The van der Waals surface area contributed by atoms with E-state index in [-0.39, 0.29) is 0 Å². The van der Waals surface area contributed by atoms with Crippen LogP contribution in [0.4, 0.5) is 5.82 Å². The number of benzene rings is 1. The topological polar surface area (TPSA) is 66.5 Å². The lowest BCUT2D eigenvalue weighted by atomic mass is 10.3.